The Balaban J connectivity index is 2.52. The minimum atomic E-state index is -4.54. The highest BCUT2D eigenvalue weighted by molar-refractivity contribution is 5.65. The van der Waals surface area contributed by atoms with E-state index in [0.29, 0.717) is 24.3 Å². The van der Waals surface area contributed by atoms with Crippen molar-refractivity contribution in [2.24, 2.45) is 0 Å². The fourth-order valence-corrected chi connectivity index (χ4v) is 1.62. The van der Waals surface area contributed by atoms with Crippen molar-refractivity contribution in [2.75, 3.05) is 0 Å². The van der Waals surface area contributed by atoms with Crippen molar-refractivity contribution >= 4 is 0 Å². The molecule has 100 valence electrons. The summed E-state index contributed by atoms with van der Waals surface area (Å²) in [5.74, 6) is -3.74. The molecule has 0 spiro atoms. The minimum absolute atomic E-state index is 0.164. The molecule has 0 unspecified atom stereocenters. The standard InChI is InChI=1S/C13H6F6/c14-9-5-6-10(15)12(16)11(9)7-1-3-8(4-2-7)13(17,18)19/h1-6H. The van der Waals surface area contributed by atoms with Crippen molar-refractivity contribution < 1.29 is 26.3 Å². The Hall–Kier alpha value is -1.98. The van der Waals surface area contributed by atoms with Gasteiger partial charge >= 0.3 is 6.18 Å². The highest BCUT2D eigenvalue weighted by Gasteiger charge is 2.30. The summed E-state index contributed by atoms with van der Waals surface area (Å²) in [5.41, 5.74) is -1.80. The fourth-order valence-electron chi connectivity index (χ4n) is 1.62. The average molecular weight is 276 g/mol. The molecule has 19 heavy (non-hydrogen) atoms. The highest BCUT2D eigenvalue weighted by Crippen LogP contribution is 2.32. The number of halogens is 6. The average Bonchev–Trinajstić information content (AvgIpc) is 2.34. The molecule has 0 aliphatic carbocycles. The Kier molecular flexibility index (Phi) is 3.26. The number of rotatable bonds is 1. The summed E-state index contributed by atoms with van der Waals surface area (Å²) in [7, 11) is 0. The van der Waals surface area contributed by atoms with Crippen LogP contribution in [0.4, 0.5) is 26.3 Å². The number of hydrogen-bond acceptors (Lipinski definition) is 0. The van der Waals surface area contributed by atoms with Crippen LogP contribution in [0.25, 0.3) is 11.1 Å². The van der Waals surface area contributed by atoms with Gasteiger partial charge in [-0.2, -0.15) is 13.2 Å². The largest absolute Gasteiger partial charge is 0.416 e. The Morgan fingerprint density at radius 2 is 1.21 bits per heavy atom. The lowest BCUT2D eigenvalue weighted by Crippen LogP contribution is -2.04. The predicted molar refractivity (Wildman–Crippen MR) is 56.8 cm³/mol. The zero-order valence-electron chi connectivity index (χ0n) is 9.23. The Morgan fingerprint density at radius 1 is 0.684 bits per heavy atom. The Bertz CT molecular complexity index is 598. The summed E-state index contributed by atoms with van der Waals surface area (Å²) in [6, 6.07) is 4.47. The summed E-state index contributed by atoms with van der Waals surface area (Å²) in [6.07, 6.45) is -4.54. The first kappa shape index (κ1) is 13.5. The normalized spacial score (nSPS) is 11.7. The molecule has 0 atom stereocenters. The van der Waals surface area contributed by atoms with E-state index in [9.17, 15) is 26.3 Å². The SMILES string of the molecule is Fc1ccc(F)c(-c2ccc(C(F)(F)F)cc2)c1F. The third-order valence-corrected chi connectivity index (χ3v) is 2.54. The van der Waals surface area contributed by atoms with Gasteiger partial charge in [-0.1, -0.05) is 12.1 Å². The van der Waals surface area contributed by atoms with Crippen molar-refractivity contribution in [1.82, 2.24) is 0 Å². The van der Waals surface area contributed by atoms with E-state index in [-0.39, 0.29) is 5.56 Å². The molecule has 0 fully saturated rings. The van der Waals surface area contributed by atoms with Crippen LogP contribution in [0.15, 0.2) is 36.4 Å². The van der Waals surface area contributed by atoms with Crippen LogP contribution in [0, 0.1) is 17.5 Å². The van der Waals surface area contributed by atoms with Gasteiger partial charge in [0.25, 0.3) is 0 Å². The second-order valence-corrected chi connectivity index (χ2v) is 3.79. The summed E-state index contributed by atoms with van der Waals surface area (Å²) < 4.78 is 76.9. The lowest BCUT2D eigenvalue weighted by atomic mass is 10.0. The summed E-state index contributed by atoms with van der Waals surface area (Å²) in [5, 5.41) is 0. The van der Waals surface area contributed by atoms with Gasteiger partial charge < -0.3 is 0 Å². The van der Waals surface area contributed by atoms with E-state index in [1.807, 2.05) is 0 Å². The van der Waals surface area contributed by atoms with Crippen molar-refractivity contribution in [3.8, 4) is 11.1 Å². The van der Waals surface area contributed by atoms with Gasteiger partial charge in [0.2, 0.25) is 0 Å². The lowest BCUT2D eigenvalue weighted by molar-refractivity contribution is -0.137. The summed E-state index contributed by atoms with van der Waals surface area (Å²) in [6.45, 7) is 0. The zero-order valence-corrected chi connectivity index (χ0v) is 9.23. The van der Waals surface area contributed by atoms with Gasteiger partial charge in [-0.05, 0) is 29.8 Å². The molecule has 0 N–H and O–H groups in total. The molecular weight excluding hydrogens is 270 g/mol. The maximum Gasteiger partial charge on any atom is 0.416 e. The van der Waals surface area contributed by atoms with E-state index >= 15 is 0 Å². The molecule has 2 aromatic carbocycles. The summed E-state index contributed by atoms with van der Waals surface area (Å²) >= 11 is 0. The molecule has 6 heteroatoms. The molecule has 0 saturated heterocycles. The first-order valence-corrected chi connectivity index (χ1v) is 5.12. The molecule has 2 rings (SSSR count). The molecule has 0 aromatic heterocycles. The van der Waals surface area contributed by atoms with Crippen molar-refractivity contribution in [3.05, 3.63) is 59.4 Å². The minimum Gasteiger partial charge on any atom is -0.206 e. The van der Waals surface area contributed by atoms with Crippen LogP contribution in [0.3, 0.4) is 0 Å². The molecule has 0 radical (unpaired) electrons. The molecule has 0 nitrogen and oxygen atoms in total. The molecule has 0 saturated carbocycles. The van der Waals surface area contributed by atoms with Gasteiger partial charge in [0.15, 0.2) is 11.6 Å². The van der Waals surface area contributed by atoms with E-state index in [1.165, 1.54) is 0 Å². The van der Waals surface area contributed by atoms with E-state index in [4.69, 9.17) is 0 Å². The highest BCUT2D eigenvalue weighted by atomic mass is 19.4. The second kappa shape index (κ2) is 4.60. The van der Waals surface area contributed by atoms with Gasteiger partial charge in [-0.3, -0.25) is 0 Å². The van der Waals surface area contributed by atoms with Crippen molar-refractivity contribution in [2.45, 2.75) is 6.18 Å². The molecule has 0 aliphatic rings. The second-order valence-electron chi connectivity index (χ2n) is 3.79. The number of hydrogen-bond donors (Lipinski definition) is 0. The zero-order chi connectivity index (χ0) is 14.2. The summed E-state index contributed by atoms with van der Waals surface area (Å²) in [4.78, 5) is 0. The van der Waals surface area contributed by atoms with Crippen LogP contribution in [0.1, 0.15) is 5.56 Å². The molecule has 2 aromatic rings. The smallest absolute Gasteiger partial charge is 0.206 e. The maximum absolute atomic E-state index is 13.4. The first-order chi connectivity index (χ1) is 8.80. The van der Waals surface area contributed by atoms with Crippen LogP contribution in [0.5, 0.6) is 0 Å². The van der Waals surface area contributed by atoms with Crippen LogP contribution in [0.2, 0.25) is 0 Å². The predicted octanol–water partition coefficient (Wildman–Crippen LogP) is 4.79. The Labute approximate surface area is 104 Å². The van der Waals surface area contributed by atoms with Crippen molar-refractivity contribution in [1.29, 1.82) is 0 Å². The monoisotopic (exact) mass is 276 g/mol. The van der Waals surface area contributed by atoms with Crippen LogP contribution in [-0.4, -0.2) is 0 Å². The van der Waals surface area contributed by atoms with Gasteiger partial charge in [0, 0.05) is 0 Å². The van der Waals surface area contributed by atoms with Crippen LogP contribution in [-0.2, 0) is 6.18 Å². The van der Waals surface area contributed by atoms with Gasteiger partial charge in [0.1, 0.15) is 5.82 Å². The molecule has 0 bridgehead atoms. The quantitative estimate of drug-likeness (QED) is 0.519. The third kappa shape index (κ3) is 2.57. The lowest BCUT2D eigenvalue weighted by Gasteiger charge is -2.09. The maximum atomic E-state index is 13.4. The fraction of sp³-hybridized carbons (Fsp3) is 0.0769. The van der Waals surface area contributed by atoms with Gasteiger partial charge in [-0.25, -0.2) is 13.2 Å². The first-order valence-electron chi connectivity index (χ1n) is 5.12. The van der Waals surface area contributed by atoms with E-state index in [1.54, 1.807) is 0 Å². The van der Waals surface area contributed by atoms with Gasteiger partial charge in [-0.15, -0.1) is 0 Å². The van der Waals surface area contributed by atoms with E-state index in [2.05, 4.69) is 0 Å². The molecule has 0 heterocycles. The van der Waals surface area contributed by atoms with Gasteiger partial charge in [0.05, 0.1) is 11.1 Å². The van der Waals surface area contributed by atoms with Crippen LogP contribution >= 0.6 is 0 Å². The van der Waals surface area contributed by atoms with E-state index in [0.717, 1.165) is 12.1 Å². The van der Waals surface area contributed by atoms with Crippen molar-refractivity contribution in [3.63, 3.8) is 0 Å². The third-order valence-electron chi connectivity index (χ3n) is 2.54. The number of alkyl halides is 3. The Morgan fingerprint density at radius 3 is 1.74 bits per heavy atom. The molecular formula is C13H6F6. The molecule has 0 aliphatic heterocycles. The topological polar surface area (TPSA) is 0 Å². The molecule has 0 amide bonds. The van der Waals surface area contributed by atoms with Crippen LogP contribution < -0.4 is 0 Å². The van der Waals surface area contributed by atoms with E-state index < -0.39 is 34.8 Å². The number of benzene rings is 2.